The maximum atomic E-state index is 12.2. The van der Waals surface area contributed by atoms with Crippen molar-refractivity contribution in [2.24, 2.45) is 0 Å². The molecular weight excluding hydrogens is 316 g/mol. The first-order chi connectivity index (χ1) is 12.2. The van der Waals surface area contributed by atoms with Crippen molar-refractivity contribution in [3.8, 4) is 5.75 Å². The minimum Gasteiger partial charge on any atom is -0.497 e. The fourth-order valence-corrected chi connectivity index (χ4v) is 2.51. The number of rotatable bonds is 6. The Bertz CT molecular complexity index is 876. The van der Waals surface area contributed by atoms with E-state index >= 15 is 0 Å². The number of ether oxygens (including phenoxy) is 1. The molecule has 3 aromatic rings. The molecule has 0 spiro atoms. The van der Waals surface area contributed by atoms with Gasteiger partial charge in [0.05, 0.1) is 13.2 Å². The third-order valence-electron chi connectivity index (χ3n) is 3.95. The normalized spacial score (nSPS) is 11.8. The molecule has 2 aromatic carbocycles. The number of anilines is 1. The predicted molar refractivity (Wildman–Crippen MR) is 96.9 cm³/mol. The van der Waals surface area contributed by atoms with Gasteiger partial charge < -0.3 is 10.1 Å². The van der Waals surface area contributed by atoms with Crippen LogP contribution in [0.15, 0.2) is 59.4 Å². The molecule has 0 radical (unpaired) electrons. The van der Waals surface area contributed by atoms with Crippen LogP contribution in [0.3, 0.4) is 0 Å². The summed E-state index contributed by atoms with van der Waals surface area (Å²) < 4.78 is 5.15. The molecule has 0 fully saturated rings. The lowest BCUT2D eigenvalue weighted by molar-refractivity contribution is 0.414. The standard InChI is InChI=1S/C19H20N4O2/c1-13(15-8-10-16(25-2)11-9-15)20-19-21-18(24)17(22-23-19)12-14-6-4-3-5-7-14/h3-11,13H,12H2,1-2H3,(H2,20,21,23,24). The van der Waals surface area contributed by atoms with Crippen molar-refractivity contribution in [2.75, 3.05) is 12.4 Å². The molecule has 0 bridgehead atoms. The highest BCUT2D eigenvalue weighted by molar-refractivity contribution is 5.34. The monoisotopic (exact) mass is 336 g/mol. The summed E-state index contributed by atoms with van der Waals surface area (Å²) in [5, 5.41) is 11.3. The average molecular weight is 336 g/mol. The third kappa shape index (κ3) is 4.23. The Labute approximate surface area is 145 Å². The highest BCUT2D eigenvalue weighted by atomic mass is 16.5. The van der Waals surface area contributed by atoms with Gasteiger partial charge in [-0.1, -0.05) is 42.5 Å². The average Bonchev–Trinajstić information content (AvgIpc) is 2.65. The zero-order chi connectivity index (χ0) is 17.6. The Morgan fingerprint density at radius 1 is 1.08 bits per heavy atom. The molecule has 0 aliphatic rings. The Kier molecular flexibility index (Phi) is 5.09. The van der Waals surface area contributed by atoms with Crippen LogP contribution in [-0.2, 0) is 6.42 Å². The molecule has 128 valence electrons. The van der Waals surface area contributed by atoms with Crippen LogP contribution in [-0.4, -0.2) is 22.3 Å². The molecule has 2 N–H and O–H groups in total. The van der Waals surface area contributed by atoms with Crippen LogP contribution in [0.4, 0.5) is 5.95 Å². The molecule has 1 atom stereocenters. The molecule has 0 aliphatic heterocycles. The van der Waals surface area contributed by atoms with Crippen molar-refractivity contribution >= 4 is 5.95 Å². The highest BCUT2D eigenvalue weighted by Crippen LogP contribution is 2.19. The number of hydrogen-bond donors (Lipinski definition) is 2. The fourth-order valence-electron chi connectivity index (χ4n) is 2.51. The number of nitrogens with zero attached hydrogens (tertiary/aromatic N) is 2. The number of methoxy groups -OCH3 is 1. The van der Waals surface area contributed by atoms with Crippen molar-refractivity contribution in [3.63, 3.8) is 0 Å². The first kappa shape index (κ1) is 16.7. The second-order valence-electron chi connectivity index (χ2n) is 5.75. The quantitative estimate of drug-likeness (QED) is 0.723. The Balaban J connectivity index is 1.70. The summed E-state index contributed by atoms with van der Waals surface area (Å²) in [6.07, 6.45) is 0.456. The lowest BCUT2D eigenvalue weighted by Gasteiger charge is -2.14. The fraction of sp³-hybridized carbons (Fsp3) is 0.211. The van der Waals surface area contributed by atoms with Crippen molar-refractivity contribution in [1.82, 2.24) is 15.2 Å². The van der Waals surface area contributed by atoms with Crippen LogP contribution in [0.2, 0.25) is 0 Å². The molecule has 1 unspecified atom stereocenters. The molecule has 1 aromatic heterocycles. The van der Waals surface area contributed by atoms with Crippen LogP contribution in [0.1, 0.15) is 29.8 Å². The summed E-state index contributed by atoms with van der Waals surface area (Å²) in [7, 11) is 1.63. The minimum absolute atomic E-state index is 0.0316. The number of hydrogen-bond acceptors (Lipinski definition) is 5. The van der Waals surface area contributed by atoms with E-state index in [9.17, 15) is 4.79 Å². The molecule has 6 nitrogen and oxygen atoms in total. The Hall–Kier alpha value is -3.15. The second kappa shape index (κ2) is 7.61. The van der Waals surface area contributed by atoms with E-state index in [0.29, 0.717) is 18.1 Å². The number of aromatic nitrogens is 3. The Morgan fingerprint density at radius 3 is 2.44 bits per heavy atom. The van der Waals surface area contributed by atoms with Crippen molar-refractivity contribution in [2.45, 2.75) is 19.4 Å². The second-order valence-corrected chi connectivity index (χ2v) is 5.75. The maximum Gasteiger partial charge on any atom is 0.274 e. The SMILES string of the molecule is COc1ccc(C(C)Nc2nnc(Cc3ccccc3)c(=O)[nH]2)cc1. The lowest BCUT2D eigenvalue weighted by atomic mass is 10.1. The van der Waals surface area contributed by atoms with E-state index in [0.717, 1.165) is 16.9 Å². The highest BCUT2D eigenvalue weighted by Gasteiger charge is 2.10. The van der Waals surface area contributed by atoms with Gasteiger partial charge in [-0.05, 0) is 30.2 Å². The molecule has 0 aliphatic carbocycles. The molecule has 3 rings (SSSR count). The predicted octanol–water partition coefficient (Wildman–Crippen LogP) is 2.94. The topological polar surface area (TPSA) is 79.9 Å². The first-order valence-corrected chi connectivity index (χ1v) is 8.06. The maximum absolute atomic E-state index is 12.2. The van der Waals surface area contributed by atoms with E-state index < -0.39 is 0 Å². The van der Waals surface area contributed by atoms with E-state index in [1.807, 2.05) is 61.5 Å². The third-order valence-corrected chi connectivity index (χ3v) is 3.95. The van der Waals surface area contributed by atoms with Gasteiger partial charge in [0.25, 0.3) is 5.56 Å². The molecule has 6 heteroatoms. The summed E-state index contributed by atoms with van der Waals surface area (Å²) in [4.78, 5) is 15.0. The van der Waals surface area contributed by atoms with Gasteiger partial charge in [0.15, 0.2) is 0 Å². The number of benzene rings is 2. The van der Waals surface area contributed by atoms with Gasteiger partial charge in [-0.15, -0.1) is 10.2 Å². The van der Waals surface area contributed by atoms with Crippen molar-refractivity contribution in [3.05, 3.63) is 81.8 Å². The molecule has 0 amide bonds. The van der Waals surface area contributed by atoms with Crippen LogP contribution in [0.5, 0.6) is 5.75 Å². The van der Waals surface area contributed by atoms with E-state index in [2.05, 4.69) is 20.5 Å². The first-order valence-electron chi connectivity index (χ1n) is 8.06. The molecule has 0 saturated carbocycles. The van der Waals surface area contributed by atoms with Gasteiger partial charge in [0.1, 0.15) is 11.4 Å². The van der Waals surface area contributed by atoms with Gasteiger partial charge in [-0.3, -0.25) is 9.78 Å². The van der Waals surface area contributed by atoms with Gasteiger partial charge >= 0.3 is 0 Å². The van der Waals surface area contributed by atoms with Gasteiger partial charge in [0, 0.05) is 6.42 Å². The summed E-state index contributed by atoms with van der Waals surface area (Å²) >= 11 is 0. The van der Waals surface area contributed by atoms with Gasteiger partial charge in [-0.2, -0.15) is 0 Å². The van der Waals surface area contributed by atoms with Crippen molar-refractivity contribution < 1.29 is 4.74 Å². The molecule has 25 heavy (non-hydrogen) atoms. The molecule has 1 heterocycles. The number of nitrogens with one attached hydrogen (secondary N) is 2. The van der Waals surface area contributed by atoms with Gasteiger partial charge in [0.2, 0.25) is 5.95 Å². The van der Waals surface area contributed by atoms with Gasteiger partial charge in [-0.25, -0.2) is 0 Å². The summed E-state index contributed by atoms with van der Waals surface area (Å²) in [6, 6.07) is 17.4. The largest absolute Gasteiger partial charge is 0.497 e. The molecule has 0 saturated heterocycles. The van der Waals surface area contributed by atoms with E-state index in [1.54, 1.807) is 7.11 Å². The smallest absolute Gasteiger partial charge is 0.274 e. The number of aromatic amines is 1. The zero-order valence-electron chi connectivity index (χ0n) is 14.2. The van der Waals surface area contributed by atoms with Crippen LogP contribution in [0.25, 0.3) is 0 Å². The van der Waals surface area contributed by atoms with Crippen molar-refractivity contribution in [1.29, 1.82) is 0 Å². The molecular formula is C19H20N4O2. The van der Waals surface area contributed by atoms with Crippen LogP contribution in [0, 0.1) is 0 Å². The summed E-state index contributed by atoms with van der Waals surface area (Å²) in [5.74, 6) is 1.15. The van der Waals surface area contributed by atoms with E-state index in [4.69, 9.17) is 4.74 Å². The van der Waals surface area contributed by atoms with E-state index in [1.165, 1.54) is 0 Å². The zero-order valence-corrected chi connectivity index (χ0v) is 14.2. The summed E-state index contributed by atoms with van der Waals surface area (Å²) in [6.45, 7) is 1.99. The lowest BCUT2D eigenvalue weighted by Crippen LogP contribution is -2.21. The van der Waals surface area contributed by atoms with E-state index in [-0.39, 0.29) is 11.6 Å². The minimum atomic E-state index is -0.233. The summed E-state index contributed by atoms with van der Waals surface area (Å²) in [5.41, 5.74) is 2.24. The van der Waals surface area contributed by atoms with Crippen LogP contribution < -0.4 is 15.6 Å². The Morgan fingerprint density at radius 2 is 1.80 bits per heavy atom. The van der Waals surface area contributed by atoms with Crippen LogP contribution >= 0.6 is 0 Å². The number of H-pyrrole nitrogens is 1.